The molecule has 11 nitrogen and oxygen atoms in total. The molecule has 0 heterocycles. The first-order chi connectivity index (χ1) is 20.4. The smallest absolute Gasteiger partial charge is 0.273 e. The zero-order chi connectivity index (χ0) is 33.0. The highest BCUT2D eigenvalue weighted by molar-refractivity contribution is 7.92. The molecule has 1 atom stereocenters. The minimum atomic E-state index is -4.64. The predicted octanol–water partition coefficient (Wildman–Crippen LogP) is 5.75. The van der Waals surface area contributed by atoms with Crippen LogP contribution in [0.25, 0.3) is 0 Å². The number of carbonyl (C=O) groups is 2. The van der Waals surface area contributed by atoms with Crippen molar-refractivity contribution in [2.45, 2.75) is 57.6 Å². The van der Waals surface area contributed by atoms with E-state index in [-0.39, 0.29) is 28.6 Å². The maximum atomic E-state index is 14.2. The van der Waals surface area contributed by atoms with Gasteiger partial charge in [-0.25, -0.2) is 8.42 Å². The summed E-state index contributed by atoms with van der Waals surface area (Å²) in [5, 5.41) is 15.1. The Morgan fingerprint density at radius 1 is 1.05 bits per heavy atom. The van der Waals surface area contributed by atoms with E-state index < -0.39 is 55.5 Å². The number of sulfonamides is 1. The van der Waals surface area contributed by atoms with Crippen LogP contribution in [0, 0.1) is 17.0 Å². The molecule has 0 aliphatic rings. The summed E-state index contributed by atoms with van der Waals surface area (Å²) >= 11 is 12.4. The van der Waals surface area contributed by atoms with Gasteiger partial charge in [-0.15, -0.1) is 0 Å². The van der Waals surface area contributed by atoms with Gasteiger partial charge in [-0.2, -0.15) is 0 Å². The minimum absolute atomic E-state index is 0.0747. The van der Waals surface area contributed by atoms with Gasteiger partial charge in [0.25, 0.3) is 15.7 Å². The molecule has 0 radical (unpaired) electrons. The lowest BCUT2D eigenvalue weighted by Crippen LogP contribution is -2.54. The molecule has 0 saturated heterocycles. The van der Waals surface area contributed by atoms with Crippen molar-refractivity contribution in [3.05, 3.63) is 92.0 Å². The summed E-state index contributed by atoms with van der Waals surface area (Å²) in [6, 6.07) is 13.4. The Labute approximate surface area is 266 Å². The third-order valence-corrected chi connectivity index (χ3v) is 8.79. The predicted molar refractivity (Wildman–Crippen MR) is 170 cm³/mol. The van der Waals surface area contributed by atoms with E-state index in [1.54, 1.807) is 45.0 Å². The molecular weight excluding hydrogens is 631 g/mol. The Balaban J connectivity index is 2.17. The fraction of sp³-hybridized carbons (Fsp3) is 0.333. The fourth-order valence-corrected chi connectivity index (χ4v) is 6.15. The number of benzene rings is 3. The monoisotopic (exact) mass is 664 g/mol. The molecule has 0 unspecified atom stereocenters. The number of carbonyl (C=O) groups excluding carboxylic acids is 2. The van der Waals surface area contributed by atoms with Gasteiger partial charge >= 0.3 is 0 Å². The van der Waals surface area contributed by atoms with Crippen molar-refractivity contribution in [1.82, 2.24) is 10.2 Å². The number of nitrogens with one attached hydrogen (secondary N) is 1. The van der Waals surface area contributed by atoms with Crippen LogP contribution < -0.4 is 14.4 Å². The van der Waals surface area contributed by atoms with Gasteiger partial charge in [0.2, 0.25) is 11.8 Å². The summed E-state index contributed by atoms with van der Waals surface area (Å²) < 4.78 is 34.6. The number of anilines is 1. The van der Waals surface area contributed by atoms with E-state index in [0.717, 1.165) is 10.4 Å². The van der Waals surface area contributed by atoms with E-state index in [0.29, 0.717) is 10.6 Å². The number of nitro benzene ring substituents is 1. The molecule has 0 saturated carbocycles. The number of hydrogen-bond donors (Lipinski definition) is 1. The topological polar surface area (TPSA) is 139 Å². The van der Waals surface area contributed by atoms with Crippen molar-refractivity contribution in [2.75, 3.05) is 18.0 Å². The van der Waals surface area contributed by atoms with Gasteiger partial charge in [-0.1, -0.05) is 41.4 Å². The zero-order valence-corrected chi connectivity index (χ0v) is 27.5. The summed E-state index contributed by atoms with van der Waals surface area (Å²) in [5.74, 6) is -1.13. The standard InChI is InChI=1S/C30H34Cl2N4O7S/c1-19-10-12-24(16-25(19)36(39)40)44(41,42)35(26-15-23(32)11-13-27(26)43-6)18-28(37)34(17-21-8-7-9-22(31)14-21)20(2)29(38)33-30(3,4)5/h7-16,20H,17-18H2,1-6H3,(H,33,38)/t20-/m0/s1. The zero-order valence-electron chi connectivity index (χ0n) is 25.1. The van der Waals surface area contributed by atoms with E-state index in [4.69, 9.17) is 27.9 Å². The number of nitro groups is 1. The van der Waals surface area contributed by atoms with Crippen LogP contribution in [0.2, 0.25) is 10.0 Å². The first-order valence-electron chi connectivity index (χ1n) is 13.4. The quantitative estimate of drug-likeness (QED) is 0.203. The van der Waals surface area contributed by atoms with E-state index in [2.05, 4.69) is 5.32 Å². The summed E-state index contributed by atoms with van der Waals surface area (Å²) in [5.41, 5.74) is -0.246. The second-order valence-corrected chi connectivity index (χ2v) is 13.8. The molecule has 3 rings (SSSR count). The maximum Gasteiger partial charge on any atom is 0.273 e. The second-order valence-electron chi connectivity index (χ2n) is 11.1. The molecule has 0 aromatic heterocycles. The molecule has 0 bridgehead atoms. The second kappa shape index (κ2) is 13.8. The molecule has 44 heavy (non-hydrogen) atoms. The van der Waals surface area contributed by atoms with Crippen LogP contribution in [0.3, 0.4) is 0 Å². The fourth-order valence-electron chi connectivity index (χ4n) is 4.33. The van der Waals surface area contributed by atoms with Crippen molar-refractivity contribution in [3.8, 4) is 5.75 Å². The molecule has 2 amide bonds. The highest BCUT2D eigenvalue weighted by atomic mass is 35.5. The Morgan fingerprint density at radius 3 is 2.30 bits per heavy atom. The average Bonchev–Trinajstić information content (AvgIpc) is 2.93. The van der Waals surface area contributed by atoms with Gasteiger partial charge in [-0.05, 0) is 76.6 Å². The first-order valence-corrected chi connectivity index (χ1v) is 15.6. The molecule has 0 aliphatic carbocycles. The number of rotatable bonds is 11. The summed E-state index contributed by atoms with van der Waals surface area (Å²) in [4.78, 5) is 39.2. The van der Waals surface area contributed by atoms with E-state index in [9.17, 15) is 28.1 Å². The van der Waals surface area contributed by atoms with Crippen molar-refractivity contribution in [2.24, 2.45) is 0 Å². The van der Waals surface area contributed by atoms with Crippen LogP contribution in [0.5, 0.6) is 5.75 Å². The largest absolute Gasteiger partial charge is 0.495 e. The Bertz CT molecular complexity index is 1680. The third kappa shape index (κ3) is 8.40. The summed E-state index contributed by atoms with van der Waals surface area (Å²) in [6.45, 7) is 7.52. The van der Waals surface area contributed by atoms with Crippen molar-refractivity contribution in [1.29, 1.82) is 0 Å². The summed E-state index contributed by atoms with van der Waals surface area (Å²) in [6.07, 6.45) is 0. The van der Waals surface area contributed by atoms with Crippen LogP contribution in [0.1, 0.15) is 38.8 Å². The molecule has 3 aromatic carbocycles. The van der Waals surface area contributed by atoms with E-state index in [1.807, 2.05) is 0 Å². The molecule has 236 valence electrons. The van der Waals surface area contributed by atoms with Gasteiger partial charge in [0.1, 0.15) is 18.3 Å². The SMILES string of the molecule is COc1ccc(Cl)cc1N(CC(=O)N(Cc1cccc(Cl)c1)[C@@H](C)C(=O)NC(C)(C)C)S(=O)(=O)c1ccc(C)c([N+](=O)[O-])c1. The van der Waals surface area contributed by atoms with Gasteiger partial charge < -0.3 is 15.0 Å². The maximum absolute atomic E-state index is 14.2. The lowest BCUT2D eigenvalue weighted by molar-refractivity contribution is -0.385. The number of amides is 2. The lowest BCUT2D eigenvalue weighted by atomic mass is 10.1. The van der Waals surface area contributed by atoms with Gasteiger partial charge in [-0.3, -0.25) is 24.0 Å². The van der Waals surface area contributed by atoms with Crippen LogP contribution in [-0.2, 0) is 26.2 Å². The van der Waals surface area contributed by atoms with E-state index >= 15 is 0 Å². The molecule has 3 aromatic rings. The molecule has 1 N–H and O–H groups in total. The normalized spacial score (nSPS) is 12.3. The number of ether oxygens (including phenoxy) is 1. The van der Waals surface area contributed by atoms with Crippen LogP contribution in [0.4, 0.5) is 11.4 Å². The highest BCUT2D eigenvalue weighted by Crippen LogP contribution is 2.36. The van der Waals surface area contributed by atoms with Crippen molar-refractivity contribution >= 4 is 56.4 Å². The number of methoxy groups -OCH3 is 1. The van der Waals surface area contributed by atoms with Gasteiger partial charge in [0.05, 0.1) is 22.6 Å². The average molecular weight is 666 g/mol. The van der Waals surface area contributed by atoms with E-state index in [1.165, 1.54) is 56.2 Å². The highest BCUT2D eigenvalue weighted by Gasteiger charge is 2.35. The van der Waals surface area contributed by atoms with Gasteiger partial charge in [0.15, 0.2) is 0 Å². The Hall–Kier alpha value is -3.87. The number of aryl methyl sites for hydroxylation is 1. The molecule has 14 heteroatoms. The number of hydrogen-bond acceptors (Lipinski definition) is 7. The minimum Gasteiger partial charge on any atom is -0.495 e. The molecule has 0 fully saturated rings. The van der Waals surface area contributed by atoms with Crippen LogP contribution >= 0.6 is 23.2 Å². The Morgan fingerprint density at radius 2 is 1.70 bits per heavy atom. The summed E-state index contributed by atoms with van der Waals surface area (Å²) in [7, 11) is -3.32. The van der Waals surface area contributed by atoms with Crippen molar-refractivity contribution < 1.29 is 27.7 Å². The molecule has 0 spiro atoms. The van der Waals surface area contributed by atoms with Crippen LogP contribution in [0.15, 0.2) is 65.6 Å². The third-order valence-electron chi connectivity index (χ3n) is 6.56. The molecule has 0 aliphatic heterocycles. The first kappa shape index (κ1) is 34.6. The van der Waals surface area contributed by atoms with Gasteiger partial charge in [0, 0.05) is 33.8 Å². The number of nitrogens with zero attached hydrogens (tertiary/aromatic N) is 3. The molecular formula is C30H34Cl2N4O7S. The Kier molecular flexibility index (Phi) is 10.9. The number of halogens is 2. The van der Waals surface area contributed by atoms with Crippen molar-refractivity contribution in [3.63, 3.8) is 0 Å². The van der Waals surface area contributed by atoms with Crippen LogP contribution in [-0.4, -0.2) is 55.3 Å². The lowest BCUT2D eigenvalue weighted by Gasteiger charge is -2.33.